The third-order valence-corrected chi connectivity index (χ3v) is 8.93. The fraction of sp³-hybridized carbons (Fsp3) is 0.441. The molecule has 1 unspecified atom stereocenters. The minimum atomic E-state index is -1.62. The summed E-state index contributed by atoms with van der Waals surface area (Å²) in [5, 5.41) is 13.9. The Hall–Kier alpha value is -3.95. The zero-order chi connectivity index (χ0) is 30.5. The molecule has 9 nitrogen and oxygen atoms in total. The van der Waals surface area contributed by atoms with Crippen molar-refractivity contribution in [1.29, 1.82) is 0 Å². The molecule has 1 amide bonds. The first kappa shape index (κ1) is 30.5. The molecule has 1 aromatic carbocycles. The number of likely N-dealkylation sites (N-methyl/N-ethyl adjacent to an activating group) is 1. The maximum Gasteiger partial charge on any atom is 0.255 e. The van der Waals surface area contributed by atoms with Crippen LogP contribution in [0.4, 0.5) is 0 Å². The molecule has 0 radical (unpaired) electrons. The Bertz CT molecular complexity index is 1530. The summed E-state index contributed by atoms with van der Waals surface area (Å²) in [6.45, 7) is 3.17. The number of pyridine rings is 2. The number of hydrogen-bond donors (Lipinski definition) is 2. The number of amides is 1. The monoisotopic (exact) mass is 583 g/mol. The number of aryl methyl sites for hydroxylation is 1. The summed E-state index contributed by atoms with van der Waals surface area (Å²) in [6.07, 6.45) is 12.5. The van der Waals surface area contributed by atoms with Crippen molar-refractivity contribution in [3.63, 3.8) is 0 Å². The highest BCUT2D eigenvalue weighted by atomic mass is 16.5. The van der Waals surface area contributed by atoms with Gasteiger partial charge in [-0.05, 0) is 67.2 Å². The first-order valence-corrected chi connectivity index (χ1v) is 15.3. The fourth-order valence-corrected chi connectivity index (χ4v) is 6.51. The summed E-state index contributed by atoms with van der Waals surface area (Å²) in [6, 6.07) is 13.9. The van der Waals surface area contributed by atoms with Gasteiger partial charge in [-0.1, -0.05) is 37.6 Å². The molecule has 1 aliphatic rings. The van der Waals surface area contributed by atoms with Crippen LogP contribution in [0.5, 0.6) is 5.88 Å². The SMILES string of the molecule is CCCCc1cc2ccccc2c(OCC[N+](C)(C)[C@H]2CCC(Cc3ccc(-c4cncnc4)nc3)C[C@@]2(O)C(N)=O)n1. The van der Waals surface area contributed by atoms with Gasteiger partial charge < -0.3 is 20.1 Å². The molecule has 0 bridgehead atoms. The van der Waals surface area contributed by atoms with Gasteiger partial charge >= 0.3 is 0 Å². The third kappa shape index (κ3) is 7.00. The van der Waals surface area contributed by atoms with Crippen LogP contribution in [0.3, 0.4) is 0 Å². The highest BCUT2D eigenvalue weighted by Gasteiger charge is 2.54. The highest BCUT2D eigenvalue weighted by molar-refractivity contribution is 5.87. The molecule has 0 spiro atoms. The van der Waals surface area contributed by atoms with Crippen molar-refractivity contribution in [2.45, 2.75) is 63.5 Å². The number of quaternary nitrogens is 1. The number of nitrogens with two attached hydrogens (primary N) is 1. The maximum absolute atomic E-state index is 12.8. The zero-order valence-electron chi connectivity index (χ0n) is 25.4. The molecule has 0 saturated heterocycles. The van der Waals surface area contributed by atoms with E-state index >= 15 is 0 Å². The molecule has 4 aromatic rings. The van der Waals surface area contributed by atoms with Gasteiger partial charge in [0.1, 0.15) is 25.5 Å². The third-order valence-electron chi connectivity index (χ3n) is 8.93. The molecule has 226 valence electrons. The van der Waals surface area contributed by atoms with E-state index in [1.54, 1.807) is 12.4 Å². The minimum absolute atomic E-state index is 0.110. The standard InChI is InChI=1S/C34H42N6O3/c1-4-5-9-28-18-26-8-6-7-10-29(26)32(39-28)43-16-15-40(2,3)31-14-12-24(19-34(31,42)33(35)41)17-25-11-13-30(38-20-25)27-21-36-23-37-22-27/h6-8,10-11,13,18,20-24,31,42H,4-5,9,12,14-17,19H2,1-3H3,(H-,35,41)/p+1/t24?,31-,34-/m0/s1. The predicted octanol–water partition coefficient (Wildman–Crippen LogP) is 4.51. The molecule has 0 aliphatic heterocycles. The minimum Gasteiger partial charge on any atom is -0.471 e. The van der Waals surface area contributed by atoms with Crippen molar-refractivity contribution in [3.8, 4) is 17.1 Å². The predicted molar refractivity (Wildman–Crippen MR) is 167 cm³/mol. The molecule has 9 heteroatoms. The van der Waals surface area contributed by atoms with Gasteiger partial charge in [0.25, 0.3) is 5.91 Å². The van der Waals surface area contributed by atoms with E-state index in [-0.39, 0.29) is 12.0 Å². The summed E-state index contributed by atoms with van der Waals surface area (Å²) in [4.78, 5) is 30.3. The number of hydrogen-bond acceptors (Lipinski definition) is 7. The summed E-state index contributed by atoms with van der Waals surface area (Å²) in [5.74, 6) is 0.0831. The number of unbranched alkanes of at least 4 members (excludes halogenated alkanes) is 1. The molecule has 3 atom stereocenters. The Labute approximate surface area is 253 Å². The van der Waals surface area contributed by atoms with Crippen molar-refractivity contribution in [3.05, 3.63) is 78.6 Å². The van der Waals surface area contributed by atoms with E-state index in [9.17, 15) is 9.90 Å². The molecule has 1 saturated carbocycles. The van der Waals surface area contributed by atoms with Gasteiger partial charge in [-0.3, -0.25) is 9.78 Å². The quantitative estimate of drug-likeness (QED) is 0.235. The van der Waals surface area contributed by atoms with Crippen LogP contribution < -0.4 is 10.5 Å². The number of primary amides is 1. The van der Waals surface area contributed by atoms with Crippen LogP contribution >= 0.6 is 0 Å². The Morgan fingerprint density at radius 3 is 2.63 bits per heavy atom. The summed E-state index contributed by atoms with van der Waals surface area (Å²) in [5.41, 5.74) is 8.03. The summed E-state index contributed by atoms with van der Waals surface area (Å²) >= 11 is 0. The second kappa shape index (κ2) is 13.1. The molecule has 43 heavy (non-hydrogen) atoms. The summed E-state index contributed by atoms with van der Waals surface area (Å²) in [7, 11) is 4.09. The van der Waals surface area contributed by atoms with Crippen molar-refractivity contribution < 1.29 is 19.1 Å². The number of rotatable bonds is 12. The van der Waals surface area contributed by atoms with Crippen molar-refractivity contribution in [2.24, 2.45) is 11.7 Å². The van der Waals surface area contributed by atoms with Crippen LogP contribution in [0.25, 0.3) is 22.0 Å². The van der Waals surface area contributed by atoms with Gasteiger partial charge in [-0.2, -0.15) is 0 Å². The first-order valence-electron chi connectivity index (χ1n) is 15.3. The van der Waals surface area contributed by atoms with E-state index in [0.717, 1.165) is 59.0 Å². The molecule has 1 aliphatic carbocycles. The van der Waals surface area contributed by atoms with Gasteiger partial charge in [0, 0.05) is 41.7 Å². The number of aromatic nitrogens is 4. The van der Waals surface area contributed by atoms with Crippen LogP contribution in [0.2, 0.25) is 0 Å². The second-order valence-corrected chi connectivity index (χ2v) is 12.4. The molecule has 3 aromatic heterocycles. The molecule has 5 rings (SSSR count). The van der Waals surface area contributed by atoms with Gasteiger partial charge in [-0.25, -0.2) is 15.0 Å². The Kier molecular flexibility index (Phi) is 9.32. The topological polar surface area (TPSA) is 124 Å². The lowest BCUT2D eigenvalue weighted by atomic mass is 9.71. The van der Waals surface area contributed by atoms with Gasteiger partial charge in [-0.15, -0.1) is 0 Å². The molecular formula is C34H43N6O3+. The molecule has 3 N–H and O–H groups in total. The Morgan fingerprint density at radius 2 is 1.91 bits per heavy atom. The second-order valence-electron chi connectivity index (χ2n) is 12.4. The number of ether oxygens (including phenoxy) is 1. The lowest BCUT2D eigenvalue weighted by molar-refractivity contribution is -0.922. The van der Waals surface area contributed by atoms with E-state index in [0.29, 0.717) is 42.8 Å². The highest BCUT2D eigenvalue weighted by Crippen LogP contribution is 2.39. The zero-order valence-corrected chi connectivity index (χ0v) is 25.4. The van der Waals surface area contributed by atoms with Crippen LogP contribution in [-0.2, 0) is 17.6 Å². The fourth-order valence-electron chi connectivity index (χ4n) is 6.51. The van der Waals surface area contributed by atoms with Crippen LogP contribution in [0, 0.1) is 5.92 Å². The van der Waals surface area contributed by atoms with Gasteiger partial charge in [0.2, 0.25) is 5.88 Å². The lowest BCUT2D eigenvalue weighted by Crippen LogP contribution is -2.68. The molecular weight excluding hydrogens is 540 g/mol. The van der Waals surface area contributed by atoms with Crippen molar-refractivity contribution in [1.82, 2.24) is 19.9 Å². The van der Waals surface area contributed by atoms with Crippen LogP contribution in [0.15, 0.2) is 67.4 Å². The van der Waals surface area contributed by atoms with Gasteiger partial charge in [0.05, 0.1) is 19.8 Å². The summed E-state index contributed by atoms with van der Waals surface area (Å²) < 4.78 is 6.71. The van der Waals surface area contributed by atoms with Crippen LogP contribution in [0.1, 0.15) is 50.3 Å². The average molecular weight is 584 g/mol. The number of aliphatic hydroxyl groups is 1. The van der Waals surface area contributed by atoms with Crippen LogP contribution in [-0.4, -0.2) is 74.3 Å². The number of carbonyl (C=O) groups excluding carboxylic acids is 1. The first-order chi connectivity index (χ1) is 20.7. The average Bonchev–Trinajstić information content (AvgIpc) is 3.00. The molecule has 1 fully saturated rings. The smallest absolute Gasteiger partial charge is 0.255 e. The van der Waals surface area contributed by atoms with Crippen molar-refractivity contribution in [2.75, 3.05) is 27.2 Å². The lowest BCUT2D eigenvalue weighted by Gasteiger charge is -2.49. The number of benzene rings is 1. The van der Waals surface area contributed by atoms with E-state index in [4.69, 9.17) is 15.5 Å². The van der Waals surface area contributed by atoms with E-state index in [1.165, 1.54) is 6.33 Å². The largest absolute Gasteiger partial charge is 0.471 e. The Balaban J connectivity index is 1.24. The number of nitrogens with zero attached hydrogens (tertiary/aromatic N) is 5. The van der Waals surface area contributed by atoms with E-state index in [2.05, 4.69) is 34.0 Å². The normalized spacial score (nSPS) is 20.7. The van der Waals surface area contributed by atoms with Crippen molar-refractivity contribution >= 4 is 16.7 Å². The maximum atomic E-state index is 12.8. The van der Waals surface area contributed by atoms with E-state index in [1.807, 2.05) is 50.6 Å². The molecule has 3 heterocycles. The van der Waals surface area contributed by atoms with E-state index < -0.39 is 11.5 Å². The Morgan fingerprint density at radius 1 is 1.12 bits per heavy atom. The number of carbonyl (C=O) groups is 1. The van der Waals surface area contributed by atoms with Gasteiger partial charge in [0.15, 0.2) is 5.60 Å². The number of fused-ring (bicyclic) bond motifs is 1.